The SMILES string of the molecule is CCn1ccnc1C1NCCc2cc3c(cc21)OCCO3. The minimum atomic E-state index is 0.125. The lowest BCUT2D eigenvalue weighted by atomic mass is 9.93. The second-order valence-electron chi connectivity index (χ2n) is 5.40. The lowest BCUT2D eigenvalue weighted by molar-refractivity contribution is 0.171. The molecular weight excluding hydrogens is 266 g/mol. The molecule has 2 aliphatic rings. The van der Waals surface area contributed by atoms with Crippen LogP contribution in [0.1, 0.15) is 29.9 Å². The molecular formula is C16H19N3O2. The summed E-state index contributed by atoms with van der Waals surface area (Å²) in [6, 6.07) is 4.38. The van der Waals surface area contributed by atoms with Crippen LogP contribution in [0.3, 0.4) is 0 Å². The van der Waals surface area contributed by atoms with Crippen molar-refractivity contribution in [2.24, 2.45) is 0 Å². The molecule has 0 saturated heterocycles. The molecule has 0 bridgehead atoms. The van der Waals surface area contributed by atoms with Gasteiger partial charge in [-0.3, -0.25) is 0 Å². The van der Waals surface area contributed by atoms with Gasteiger partial charge in [0.1, 0.15) is 19.0 Å². The molecule has 0 spiro atoms. The van der Waals surface area contributed by atoms with Gasteiger partial charge < -0.3 is 19.4 Å². The Morgan fingerprint density at radius 2 is 2.10 bits per heavy atom. The topological polar surface area (TPSA) is 48.3 Å². The molecule has 0 fully saturated rings. The number of hydrogen-bond acceptors (Lipinski definition) is 4. The number of rotatable bonds is 2. The molecule has 1 unspecified atom stereocenters. The summed E-state index contributed by atoms with van der Waals surface area (Å²) in [5.74, 6) is 2.79. The number of imidazole rings is 1. The first-order valence-electron chi connectivity index (χ1n) is 7.53. The van der Waals surface area contributed by atoms with Crippen molar-refractivity contribution in [1.82, 2.24) is 14.9 Å². The highest BCUT2D eigenvalue weighted by atomic mass is 16.6. The summed E-state index contributed by atoms with van der Waals surface area (Å²) >= 11 is 0. The van der Waals surface area contributed by atoms with Gasteiger partial charge in [-0.15, -0.1) is 0 Å². The Hall–Kier alpha value is -2.01. The van der Waals surface area contributed by atoms with E-state index >= 15 is 0 Å². The van der Waals surface area contributed by atoms with Crippen molar-refractivity contribution < 1.29 is 9.47 Å². The second kappa shape index (κ2) is 5.07. The third-order valence-electron chi connectivity index (χ3n) is 4.20. The molecule has 110 valence electrons. The molecule has 0 aliphatic carbocycles. The fraction of sp³-hybridized carbons (Fsp3) is 0.438. The minimum Gasteiger partial charge on any atom is -0.486 e. The lowest BCUT2D eigenvalue weighted by Gasteiger charge is -2.29. The van der Waals surface area contributed by atoms with Gasteiger partial charge in [0.05, 0.1) is 6.04 Å². The Balaban J connectivity index is 1.80. The summed E-state index contributed by atoms with van der Waals surface area (Å²) in [5, 5.41) is 3.58. The standard InChI is InChI=1S/C16H19N3O2/c1-2-19-6-5-18-16(19)15-12-10-14-13(20-7-8-21-14)9-11(12)3-4-17-15/h5-6,9-10,15,17H,2-4,7-8H2,1H3. The van der Waals surface area contributed by atoms with Gasteiger partial charge in [-0.25, -0.2) is 4.98 Å². The highest BCUT2D eigenvalue weighted by molar-refractivity contribution is 5.51. The third kappa shape index (κ3) is 2.08. The Kier molecular flexibility index (Phi) is 3.07. The number of hydrogen-bond donors (Lipinski definition) is 1. The molecule has 0 radical (unpaired) electrons. The van der Waals surface area contributed by atoms with E-state index in [-0.39, 0.29) is 6.04 Å². The molecule has 5 nitrogen and oxygen atoms in total. The number of aromatic nitrogens is 2. The van der Waals surface area contributed by atoms with E-state index in [2.05, 4.69) is 33.9 Å². The highest BCUT2D eigenvalue weighted by Gasteiger charge is 2.27. The molecule has 0 amide bonds. The summed E-state index contributed by atoms with van der Waals surface area (Å²) in [7, 11) is 0. The molecule has 5 heteroatoms. The van der Waals surface area contributed by atoms with E-state index in [1.54, 1.807) is 0 Å². The van der Waals surface area contributed by atoms with Gasteiger partial charge in [0, 0.05) is 25.5 Å². The Morgan fingerprint density at radius 1 is 1.29 bits per heavy atom. The number of nitrogens with zero attached hydrogens (tertiary/aromatic N) is 2. The van der Waals surface area contributed by atoms with Crippen LogP contribution in [0.25, 0.3) is 0 Å². The molecule has 1 aromatic carbocycles. The molecule has 2 aliphatic heterocycles. The Labute approximate surface area is 123 Å². The maximum atomic E-state index is 5.73. The molecule has 3 heterocycles. The number of benzene rings is 1. The molecule has 0 saturated carbocycles. The van der Waals surface area contributed by atoms with E-state index in [4.69, 9.17) is 9.47 Å². The number of aryl methyl sites for hydroxylation is 1. The molecule has 4 rings (SSSR count). The lowest BCUT2D eigenvalue weighted by Crippen LogP contribution is -2.33. The van der Waals surface area contributed by atoms with Crippen LogP contribution in [-0.4, -0.2) is 29.3 Å². The van der Waals surface area contributed by atoms with Crippen LogP contribution in [0.2, 0.25) is 0 Å². The number of fused-ring (bicyclic) bond motifs is 2. The molecule has 1 atom stereocenters. The van der Waals surface area contributed by atoms with Crippen molar-refractivity contribution in [3.63, 3.8) is 0 Å². The van der Waals surface area contributed by atoms with Gasteiger partial charge in [0.25, 0.3) is 0 Å². The zero-order valence-electron chi connectivity index (χ0n) is 12.1. The fourth-order valence-corrected chi connectivity index (χ4v) is 3.17. The summed E-state index contributed by atoms with van der Waals surface area (Å²) in [4.78, 5) is 4.55. The predicted molar refractivity (Wildman–Crippen MR) is 78.9 cm³/mol. The van der Waals surface area contributed by atoms with Crippen LogP contribution >= 0.6 is 0 Å². The van der Waals surface area contributed by atoms with Crippen molar-refractivity contribution in [2.75, 3.05) is 19.8 Å². The summed E-state index contributed by atoms with van der Waals surface area (Å²) in [5.41, 5.74) is 2.58. The van der Waals surface area contributed by atoms with Gasteiger partial charge in [-0.05, 0) is 36.6 Å². The van der Waals surface area contributed by atoms with Crippen LogP contribution in [0.5, 0.6) is 11.5 Å². The van der Waals surface area contributed by atoms with Gasteiger partial charge in [0.2, 0.25) is 0 Å². The minimum absolute atomic E-state index is 0.125. The maximum absolute atomic E-state index is 5.73. The average Bonchev–Trinajstić information content (AvgIpc) is 3.00. The zero-order valence-corrected chi connectivity index (χ0v) is 12.1. The van der Waals surface area contributed by atoms with Crippen molar-refractivity contribution in [1.29, 1.82) is 0 Å². The number of ether oxygens (including phenoxy) is 2. The smallest absolute Gasteiger partial charge is 0.161 e. The van der Waals surface area contributed by atoms with E-state index in [1.165, 1.54) is 11.1 Å². The first kappa shape index (κ1) is 12.7. The van der Waals surface area contributed by atoms with E-state index in [0.717, 1.165) is 36.8 Å². The summed E-state index contributed by atoms with van der Waals surface area (Å²) in [6.07, 6.45) is 4.91. The van der Waals surface area contributed by atoms with E-state index in [9.17, 15) is 0 Å². The van der Waals surface area contributed by atoms with Crippen LogP contribution in [0.4, 0.5) is 0 Å². The van der Waals surface area contributed by atoms with Crippen LogP contribution in [0, 0.1) is 0 Å². The van der Waals surface area contributed by atoms with Gasteiger partial charge in [-0.2, -0.15) is 0 Å². The van der Waals surface area contributed by atoms with Crippen molar-refractivity contribution in [2.45, 2.75) is 25.9 Å². The van der Waals surface area contributed by atoms with Crippen molar-refractivity contribution in [3.8, 4) is 11.5 Å². The van der Waals surface area contributed by atoms with Crippen molar-refractivity contribution in [3.05, 3.63) is 41.5 Å². The first-order valence-corrected chi connectivity index (χ1v) is 7.53. The van der Waals surface area contributed by atoms with E-state index < -0.39 is 0 Å². The van der Waals surface area contributed by atoms with Crippen molar-refractivity contribution >= 4 is 0 Å². The Bertz CT molecular complexity index is 666. The second-order valence-corrected chi connectivity index (χ2v) is 5.40. The van der Waals surface area contributed by atoms with Gasteiger partial charge in [0.15, 0.2) is 11.5 Å². The number of nitrogens with one attached hydrogen (secondary N) is 1. The highest BCUT2D eigenvalue weighted by Crippen LogP contribution is 2.38. The molecule has 1 N–H and O–H groups in total. The Morgan fingerprint density at radius 3 is 2.90 bits per heavy atom. The normalized spacial score (nSPS) is 20.1. The molecule has 21 heavy (non-hydrogen) atoms. The van der Waals surface area contributed by atoms with Crippen LogP contribution < -0.4 is 14.8 Å². The summed E-state index contributed by atoms with van der Waals surface area (Å²) in [6.45, 7) is 5.27. The fourth-order valence-electron chi connectivity index (χ4n) is 3.17. The third-order valence-corrected chi connectivity index (χ3v) is 4.20. The summed E-state index contributed by atoms with van der Waals surface area (Å²) < 4.78 is 13.6. The van der Waals surface area contributed by atoms with Crippen LogP contribution in [0.15, 0.2) is 24.5 Å². The van der Waals surface area contributed by atoms with Gasteiger partial charge >= 0.3 is 0 Å². The first-order chi connectivity index (χ1) is 10.4. The van der Waals surface area contributed by atoms with Crippen LogP contribution in [-0.2, 0) is 13.0 Å². The quantitative estimate of drug-likeness (QED) is 0.915. The zero-order chi connectivity index (χ0) is 14.2. The predicted octanol–water partition coefficient (Wildman–Crippen LogP) is 1.91. The average molecular weight is 285 g/mol. The molecule has 2 aromatic rings. The van der Waals surface area contributed by atoms with Gasteiger partial charge in [-0.1, -0.05) is 0 Å². The van der Waals surface area contributed by atoms with E-state index in [1.807, 2.05) is 12.4 Å². The largest absolute Gasteiger partial charge is 0.486 e. The van der Waals surface area contributed by atoms with E-state index in [0.29, 0.717) is 13.2 Å². The molecule has 1 aromatic heterocycles. The maximum Gasteiger partial charge on any atom is 0.161 e. The monoisotopic (exact) mass is 285 g/mol.